The van der Waals surface area contributed by atoms with Gasteiger partial charge in [-0.25, -0.2) is 9.97 Å². The number of carbonyl (C=O) groups is 1. The smallest absolute Gasteiger partial charge is 0.246 e. The van der Waals surface area contributed by atoms with Crippen LogP contribution in [0.15, 0.2) is 43.3 Å². The van der Waals surface area contributed by atoms with Crippen molar-refractivity contribution in [3.8, 4) is 0 Å². The van der Waals surface area contributed by atoms with Crippen molar-refractivity contribution in [2.24, 2.45) is 0 Å². The summed E-state index contributed by atoms with van der Waals surface area (Å²) in [5.74, 6) is 0.461. The zero-order valence-electron chi connectivity index (χ0n) is 11.6. The number of benzene rings is 1. The molecule has 5 nitrogen and oxygen atoms in total. The van der Waals surface area contributed by atoms with E-state index in [9.17, 15) is 4.79 Å². The Hall–Kier alpha value is -2.69. The van der Waals surface area contributed by atoms with Crippen LogP contribution in [0.3, 0.4) is 0 Å². The molecule has 21 heavy (non-hydrogen) atoms. The molecule has 1 aliphatic heterocycles. The summed E-state index contributed by atoms with van der Waals surface area (Å²) in [4.78, 5) is 21.6. The quantitative estimate of drug-likeness (QED) is 0.854. The first-order valence-electron chi connectivity index (χ1n) is 6.80. The summed E-state index contributed by atoms with van der Waals surface area (Å²) in [5, 5.41) is 0.862. The van der Waals surface area contributed by atoms with Crippen molar-refractivity contribution >= 4 is 28.2 Å². The van der Waals surface area contributed by atoms with Crippen molar-refractivity contribution in [1.29, 1.82) is 0 Å². The predicted molar refractivity (Wildman–Crippen MR) is 83.3 cm³/mol. The Kier molecular flexibility index (Phi) is 3.39. The molecule has 0 radical (unpaired) electrons. The molecule has 0 saturated heterocycles. The Morgan fingerprint density at radius 2 is 2.24 bits per heavy atom. The summed E-state index contributed by atoms with van der Waals surface area (Å²) < 4.78 is 0. The lowest BCUT2D eigenvalue weighted by Gasteiger charge is -2.25. The first-order valence-corrected chi connectivity index (χ1v) is 6.80. The van der Waals surface area contributed by atoms with Crippen LogP contribution in [-0.2, 0) is 4.79 Å². The minimum absolute atomic E-state index is 0.0264. The second kappa shape index (κ2) is 5.36. The number of carbonyl (C=O) groups excluding carboxylic acids is 1. The number of fused-ring (bicyclic) bond motifs is 1. The monoisotopic (exact) mass is 280 g/mol. The fraction of sp³-hybridized carbons (Fsp3) is 0.188. The third-order valence-corrected chi connectivity index (χ3v) is 3.73. The van der Waals surface area contributed by atoms with Gasteiger partial charge in [0.05, 0.1) is 5.52 Å². The van der Waals surface area contributed by atoms with Crippen molar-refractivity contribution in [2.45, 2.75) is 6.42 Å². The number of rotatable bonds is 2. The van der Waals surface area contributed by atoms with E-state index in [1.54, 1.807) is 4.90 Å². The van der Waals surface area contributed by atoms with Crippen LogP contribution in [0.2, 0.25) is 0 Å². The molecule has 1 aromatic carbocycles. The van der Waals surface area contributed by atoms with E-state index >= 15 is 0 Å². The summed E-state index contributed by atoms with van der Waals surface area (Å²) in [5.41, 5.74) is 9.06. The fourth-order valence-electron chi connectivity index (χ4n) is 2.54. The molecular weight excluding hydrogens is 264 g/mol. The van der Waals surface area contributed by atoms with Crippen molar-refractivity contribution < 1.29 is 4.79 Å². The maximum absolute atomic E-state index is 11.6. The van der Waals surface area contributed by atoms with Crippen LogP contribution in [0.4, 0.5) is 5.82 Å². The van der Waals surface area contributed by atoms with Gasteiger partial charge in [0.2, 0.25) is 5.91 Å². The number of nitrogens with zero attached hydrogens (tertiary/aromatic N) is 3. The van der Waals surface area contributed by atoms with Crippen LogP contribution < -0.4 is 5.73 Å². The second-order valence-corrected chi connectivity index (χ2v) is 4.96. The molecule has 2 aromatic rings. The van der Waals surface area contributed by atoms with Gasteiger partial charge in [-0.2, -0.15) is 0 Å². The van der Waals surface area contributed by atoms with E-state index in [0.29, 0.717) is 18.9 Å². The molecule has 2 N–H and O–H groups in total. The van der Waals surface area contributed by atoms with Crippen molar-refractivity contribution in [3.05, 3.63) is 48.8 Å². The molecule has 0 bridgehead atoms. The van der Waals surface area contributed by atoms with E-state index in [1.807, 2.05) is 18.2 Å². The number of hydrogen-bond donors (Lipinski definition) is 1. The van der Waals surface area contributed by atoms with Gasteiger partial charge >= 0.3 is 0 Å². The zero-order valence-corrected chi connectivity index (χ0v) is 11.6. The fourth-order valence-corrected chi connectivity index (χ4v) is 2.54. The van der Waals surface area contributed by atoms with Gasteiger partial charge in [0.15, 0.2) is 0 Å². The SMILES string of the molecule is C=CC(=O)N1CC=C(c2ccc3ncnc(N)c3c2)CC1. The lowest BCUT2D eigenvalue weighted by Crippen LogP contribution is -2.33. The normalized spacial score (nSPS) is 14.9. The first kappa shape index (κ1) is 13.3. The van der Waals surface area contributed by atoms with Gasteiger partial charge in [0.1, 0.15) is 12.1 Å². The van der Waals surface area contributed by atoms with Crippen LogP contribution in [0.25, 0.3) is 16.5 Å². The van der Waals surface area contributed by atoms with E-state index in [1.165, 1.54) is 18.0 Å². The number of amides is 1. The van der Waals surface area contributed by atoms with Gasteiger partial charge in [0, 0.05) is 18.5 Å². The van der Waals surface area contributed by atoms with E-state index < -0.39 is 0 Å². The van der Waals surface area contributed by atoms with Crippen LogP contribution in [0, 0.1) is 0 Å². The van der Waals surface area contributed by atoms with E-state index in [4.69, 9.17) is 5.73 Å². The molecule has 1 amide bonds. The number of aromatic nitrogens is 2. The highest BCUT2D eigenvalue weighted by Crippen LogP contribution is 2.26. The molecule has 1 aliphatic rings. The van der Waals surface area contributed by atoms with Crippen LogP contribution in [0.5, 0.6) is 0 Å². The molecule has 106 valence electrons. The summed E-state index contributed by atoms with van der Waals surface area (Å²) in [6.07, 6.45) is 5.72. The largest absolute Gasteiger partial charge is 0.383 e. The molecule has 1 aromatic heterocycles. The Labute approximate surface area is 122 Å². The van der Waals surface area contributed by atoms with Crippen LogP contribution >= 0.6 is 0 Å². The van der Waals surface area contributed by atoms with Crippen LogP contribution in [0.1, 0.15) is 12.0 Å². The topological polar surface area (TPSA) is 72.1 Å². The van der Waals surface area contributed by atoms with E-state index in [-0.39, 0.29) is 5.91 Å². The zero-order chi connectivity index (χ0) is 14.8. The Bertz CT molecular complexity index is 751. The molecule has 0 saturated carbocycles. The molecule has 0 spiro atoms. The number of nitrogens with two attached hydrogens (primary N) is 1. The average molecular weight is 280 g/mol. The standard InChI is InChI=1S/C16H16N4O/c1-2-15(21)20-7-5-11(6-8-20)12-3-4-14-13(9-12)16(17)19-10-18-14/h2-5,9-10H,1,6-8H2,(H2,17,18,19). The third kappa shape index (κ3) is 2.50. The molecular formula is C16H16N4O. The molecule has 0 fully saturated rings. The summed E-state index contributed by atoms with van der Waals surface area (Å²) >= 11 is 0. The van der Waals surface area contributed by atoms with Crippen LogP contribution in [-0.4, -0.2) is 33.9 Å². The van der Waals surface area contributed by atoms with E-state index in [2.05, 4.69) is 22.6 Å². The highest BCUT2D eigenvalue weighted by atomic mass is 16.2. The number of nitrogen functional groups attached to an aromatic ring is 1. The molecule has 2 heterocycles. The lowest BCUT2D eigenvalue weighted by molar-refractivity contribution is -0.125. The van der Waals surface area contributed by atoms with Gasteiger partial charge in [-0.3, -0.25) is 4.79 Å². The van der Waals surface area contributed by atoms with Gasteiger partial charge in [-0.1, -0.05) is 18.7 Å². The molecule has 0 aliphatic carbocycles. The lowest BCUT2D eigenvalue weighted by atomic mass is 9.98. The maximum Gasteiger partial charge on any atom is 0.246 e. The number of anilines is 1. The summed E-state index contributed by atoms with van der Waals surface area (Å²) in [6, 6.07) is 6.00. The highest BCUT2D eigenvalue weighted by Gasteiger charge is 2.16. The minimum atomic E-state index is -0.0264. The predicted octanol–water partition coefficient (Wildman–Crippen LogP) is 2.01. The van der Waals surface area contributed by atoms with Gasteiger partial charge < -0.3 is 10.6 Å². The second-order valence-electron chi connectivity index (χ2n) is 4.96. The maximum atomic E-state index is 11.6. The summed E-state index contributed by atoms with van der Waals surface area (Å²) in [6.45, 7) is 4.83. The summed E-state index contributed by atoms with van der Waals surface area (Å²) in [7, 11) is 0. The Balaban J connectivity index is 1.91. The first-order chi connectivity index (χ1) is 10.2. The molecule has 0 unspecified atom stereocenters. The van der Waals surface area contributed by atoms with Crippen molar-refractivity contribution in [3.63, 3.8) is 0 Å². The van der Waals surface area contributed by atoms with Gasteiger partial charge in [-0.15, -0.1) is 0 Å². The molecule has 5 heteroatoms. The molecule has 0 atom stereocenters. The average Bonchev–Trinajstić information content (AvgIpc) is 2.54. The van der Waals surface area contributed by atoms with Gasteiger partial charge in [0.25, 0.3) is 0 Å². The highest BCUT2D eigenvalue weighted by molar-refractivity contribution is 5.91. The third-order valence-electron chi connectivity index (χ3n) is 3.73. The number of hydrogen-bond acceptors (Lipinski definition) is 4. The van der Waals surface area contributed by atoms with Gasteiger partial charge in [-0.05, 0) is 35.8 Å². The van der Waals surface area contributed by atoms with Crippen molar-refractivity contribution in [2.75, 3.05) is 18.8 Å². The minimum Gasteiger partial charge on any atom is -0.383 e. The Morgan fingerprint density at radius 1 is 1.38 bits per heavy atom. The van der Waals surface area contributed by atoms with Crippen molar-refractivity contribution in [1.82, 2.24) is 14.9 Å². The molecule has 3 rings (SSSR count). The Morgan fingerprint density at radius 3 is 2.95 bits per heavy atom. The van der Waals surface area contributed by atoms with E-state index in [0.717, 1.165) is 22.9 Å².